The van der Waals surface area contributed by atoms with Crippen LogP contribution in [0.4, 0.5) is 0 Å². The zero-order chi connectivity index (χ0) is 20.1. The monoisotopic (exact) mass is 462 g/mol. The van der Waals surface area contributed by atoms with Crippen molar-refractivity contribution in [3.63, 3.8) is 0 Å². The molecule has 0 aliphatic carbocycles. The number of nitriles is 1. The van der Waals surface area contributed by atoms with Crippen LogP contribution < -0.4 is 0 Å². The summed E-state index contributed by atoms with van der Waals surface area (Å²) >= 11 is 3.38. The summed E-state index contributed by atoms with van der Waals surface area (Å²) in [5, 5.41) is 8.81. The number of carbonyl (C=O) groups excluding carboxylic acids is 1. The molecule has 1 aliphatic rings. The van der Waals surface area contributed by atoms with Crippen LogP contribution in [0.5, 0.6) is 0 Å². The van der Waals surface area contributed by atoms with Crippen LogP contribution in [0, 0.1) is 11.3 Å². The fourth-order valence-electron chi connectivity index (χ4n) is 3.01. The summed E-state index contributed by atoms with van der Waals surface area (Å²) in [5.74, 6) is -1.19. The number of halogens is 1. The first-order valence-corrected chi connectivity index (χ1v) is 11.3. The standard InChI is InChI=1S/C20H19BrN2O4S/c21-18-7-5-17(6-8-18)19-12-23(9-10-27-19)20(24)14-28(25,26)13-16-3-1-15(11-22)2-4-16/h1-8,19H,9-10,12-14H2. The third kappa shape index (κ3) is 5.41. The van der Waals surface area contributed by atoms with E-state index in [1.54, 1.807) is 29.2 Å². The minimum Gasteiger partial charge on any atom is -0.370 e. The minimum atomic E-state index is -3.61. The van der Waals surface area contributed by atoms with E-state index in [9.17, 15) is 13.2 Å². The SMILES string of the molecule is N#Cc1ccc(CS(=O)(=O)CC(=O)N2CCOC(c3ccc(Br)cc3)C2)cc1. The first kappa shape index (κ1) is 20.5. The van der Waals surface area contributed by atoms with Crippen LogP contribution in [0.1, 0.15) is 22.8 Å². The summed E-state index contributed by atoms with van der Waals surface area (Å²) in [6.45, 7) is 1.06. The van der Waals surface area contributed by atoms with E-state index in [4.69, 9.17) is 10.00 Å². The molecule has 28 heavy (non-hydrogen) atoms. The van der Waals surface area contributed by atoms with E-state index >= 15 is 0 Å². The molecule has 146 valence electrons. The van der Waals surface area contributed by atoms with Crippen LogP contribution in [-0.2, 0) is 25.1 Å². The molecule has 6 nitrogen and oxygen atoms in total. The lowest BCUT2D eigenvalue weighted by atomic mass is 10.1. The van der Waals surface area contributed by atoms with Gasteiger partial charge in [0, 0.05) is 11.0 Å². The van der Waals surface area contributed by atoms with Crippen LogP contribution >= 0.6 is 15.9 Å². The van der Waals surface area contributed by atoms with E-state index in [-0.39, 0.29) is 11.9 Å². The van der Waals surface area contributed by atoms with Gasteiger partial charge in [0.1, 0.15) is 11.9 Å². The van der Waals surface area contributed by atoms with Crippen LogP contribution in [-0.4, -0.2) is 44.7 Å². The minimum absolute atomic E-state index is 0.231. The van der Waals surface area contributed by atoms with Crippen LogP contribution in [0.25, 0.3) is 0 Å². The molecule has 1 fully saturated rings. The molecule has 0 N–H and O–H groups in total. The maximum atomic E-state index is 12.6. The molecule has 2 aromatic carbocycles. The van der Waals surface area contributed by atoms with Gasteiger partial charge in [-0.1, -0.05) is 40.2 Å². The predicted molar refractivity (Wildman–Crippen MR) is 108 cm³/mol. The van der Waals surface area contributed by atoms with Crippen LogP contribution in [0.15, 0.2) is 53.0 Å². The first-order valence-electron chi connectivity index (χ1n) is 8.70. The molecule has 0 spiro atoms. The molecule has 1 saturated heterocycles. The topological polar surface area (TPSA) is 87.5 Å². The van der Waals surface area contributed by atoms with Crippen LogP contribution in [0.2, 0.25) is 0 Å². The Morgan fingerprint density at radius 1 is 1.18 bits per heavy atom. The second-order valence-electron chi connectivity index (χ2n) is 6.59. The second-order valence-corrected chi connectivity index (χ2v) is 9.57. The Morgan fingerprint density at radius 2 is 1.86 bits per heavy atom. The van der Waals surface area contributed by atoms with Gasteiger partial charge >= 0.3 is 0 Å². The fraction of sp³-hybridized carbons (Fsp3) is 0.300. The molecule has 1 amide bonds. The Labute approximate surface area is 172 Å². The number of morpholine rings is 1. The molecule has 1 heterocycles. The van der Waals surface area contributed by atoms with Crippen LogP contribution in [0.3, 0.4) is 0 Å². The zero-order valence-corrected chi connectivity index (χ0v) is 17.4. The van der Waals surface area contributed by atoms with Gasteiger partial charge in [0.2, 0.25) is 5.91 Å². The summed E-state index contributed by atoms with van der Waals surface area (Å²) in [7, 11) is -3.61. The number of rotatable bonds is 5. The zero-order valence-electron chi connectivity index (χ0n) is 15.0. The van der Waals surface area contributed by atoms with E-state index in [1.807, 2.05) is 30.3 Å². The molecule has 0 bridgehead atoms. The molecule has 0 saturated carbocycles. The van der Waals surface area contributed by atoms with Gasteiger partial charge in [-0.2, -0.15) is 5.26 Å². The van der Waals surface area contributed by atoms with Gasteiger partial charge in [0.25, 0.3) is 0 Å². The number of hydrogen-bond acceptors (Lipinski definition) is 5. The Hall–Kier alpha value is -2.21. The molecule has 0 radical (unpaired) electrons. The van der Waals surface area contributed by atoms with Gasteiger partial charge in [-0.25, -0.2) is 8.42 Å². The van der Waals surface area contributed by atoms with E-state index in [2.05, 4.69) is 15.9 Å². The van der Waals surface area contributed by atoms with Crippen molar-refractivity contribution in [3.8, 4) is 6.07 Å². The molecule has 2 aromatic rings. The van der Waals surface area contributed by atoms with Crippen molar-refractivity contribution in [3.05, 3.63) is 69.7 Å². The Kier molecular flexibility index (Phi) is 6.50. The number of nitrogens with zero attached hydrogens (tertiary/aromatic N) is 2. The number of amides is 1. The summed E-state index contributed by atoms with van der Waals surface area (Å²) < 4.78 is 31.6. The van der Waals surface area contributed by atoms with Gasteiger partial charge in [0.05, 0.1) is 30.5 Å². The van der Waals surface area contributed by atoms with E-state index < -0.39 is 21.5 Å². The lowest BCUT2D eigenvalue weighted by molar-refractivity contribution is -0.136. The molecular weight excluding hydrogens is 444 g/mol. The van der Waals surface area contributed by atoms with Crippen molar-refractivity contribution in [1.29, 1.82) is 5.26 Å². The smallest absolute Gasteiger partial charge is 0.237 e. The maximum Gasteiger partial charge on any atom is 0.237 e. The molecular formula is C20H19BrN2O4S. The van der Waals surface area contributed by atoms with Crippen molar-refractivity contribution in [1.82, 2.24) is 4.90 Å². The van der Waals surface area contributed by atoms with Gasteiger partial charge in [0.15, 0.2) is 9.84 Å². The quantitative estimate of drug-likeness (QED) is 0.681. The van der Waals surface area contributed by atoms with Crippen molar-refractivity contribution in [2.75, 3.05) is 25.4 Å². The predicted octanol–water partition coefficient (Wildman–Crippen LogP) is 2.84. The Balaban J connectivity index is 1.62. The fourth-order valence-corrected chi connectivity index (χ4v) is 4.64. The maximum absolute atomic E-state index is 12.6. The molecule has 1 aliphatic heterocycles. The van der Waals surface area contributed by atoms with Crippen molar-refractivity contribution >= 4 is 31.7 Å². The number of hydrogen-bond donors (Lipinski definition) is 0. The highest BCUT2D eigenvalue weighted by Crippen LogP contribution is 2.24. The van der Waals surface area contributed by atoms with E-state index in [0.29, 0.717) is 30.8 Å². The largest absolute Gasteiger partial charge is 0.370 e. The first-order chi connectivity index (χ1) is 13.4. The van der Waals surface area contributed by atoms with E-state index in [1.165, 1.54) is 0 Å². The second kappa shape index (κ2) is 8.86. The molecule has 3 rings (SSSR count). The highest BCUT2D eigenvalue weighted by molar-refractivity contribution is 9.10. The number of carbonyl (C=O) groups is 1. The van der Waals surface area contributed by atoms with Crippen molar-refractivity contribution < 1.29 is 17.9 Å². The average molecular weight is 463 g/mol. The van der Waals surface area contributed by atoms with Gasteiger partial charge in [-0.3, -0.25) is 4.79 Å². The highest BCUT2D eigenvalue weighted by atomic mass is 79.9. The summed E-state index contributed by atoms with van der Waals surface area (Å²) in [6, 6.07) is 16.0. The van der Waals surface area contributed by atoms with Crippen molar-refractivity contribution in [2.45, 2.75) is 11.9 Å². The normalized spacial score (nSPS) is 17.1. The highest BCUT2D eigenvalue weighted by Gasteiger charge is 2.28. The van der Waals surface area contributed by atoms with Gasteiger partial charge < -0.3 is 9.64 Å². The summed E-state index contributed by atoms with van der Waals surface area (Å²) in [4.78, 5) is 14.1. The Morgan fingerprint density at radius 3 is 2.50 bits per heavy atom. The van der Waals surface area contributed by atoms with Gasteiger partial charge in [-0.15, -0.1) is 0 Å². The van der Waals surface area contributed by atoms with E-state index in [0.717, 1.165) is 10.0 Å². The van der Waals surface area contributed by atoms with Crippen molar-refractivity contribution in [2.24, 2.45) is 0 Å². The lowest BCUT2D eigenvalue weighted by Gasteiger charge is -2.33. The third-order valence-corrected chi connectivity index (χ3v) is 6.46. The lowest BCUT2D eigenvalue weighted by Crippen LogP contribution is -2.44. The summed E-state index contributed by atoms with van der Waals surface area (Å²) in [5.41, 5.74) is 1.96. The molecule has 8 heteroatoms. The average Bonchev–Trinajstić information content (AvgIpc) is 2.68. The molecule has 1 atom stereocenters. The third-order valence-electron chi connectivity index (χ3n) is 4.47. The number of benzene rings is 2. The summed E-state index contributed by atoms with van der Waals surface area (Å²) in [6.07, 6.45) is -0.271. The number of sulfone groups is 1. The van der Waals surface area contributed by atoms with Gasteiger partial charge in [-0.05, 0) is 35.4 Å². The molecule has 0 aromatic heterocycles. The molecule has 1 unspecified atom stereocenters. The Bertz CT molecular complexity index is 982. The number of ether oxygens (including phenoxy) is 1.